The molecule has 0 saturated carbocycles. The van der Waals surface area contributed by atoms with Crippen LogP contribution in [0.4, 0.5) is 35.1 Å². The van der Waals surface area contributed by atoms with Crippen molar-refractivity contribution in [3.8, 4) is 11.8 Å². The third-order valence-corrected chi connectivity index (χ3v) is 5.06. The first-order valence-corrected chi connectivity index (χ1v) is 10.0. The van der Waals surface area contributed by atoms with E-state index in [1.54, 1.807) is 0 Å². The second-order valence-electron chi connectivity index (χ2n) is 7.33. The van der Waals surface area contributed by atoms with E-state index in [2.05, 4.69) is 20.3 Å². The maximum atomic E-state index is 14.5. The number of aromatic nitrogens is 4. The molecule has 0 fully saturated rings. The van der Waals surface area contributed by atoms with Crippen LogP contribution < -0.4 is 22.3 Å². The van der Waals surface area contributed by atoms with Gasteiger partial charge in [0.25, 0.3) is 5.56 Å². The van der Waals surface area contributed by atoms with Gasteiger partial charge in [-0.2, -0.15) is 28.4 Å². The molecule has 0 bridgehead atoms. The van der Waals surface area contributed by atoms with Crippen LogP contribution in [0, 0.1) is 17.1 Å². The fraction of sp³-hybridized carbons (Fsp3) is 0.136. The Hall–Kier alpha value is -4.73. The van der Waals surface area contributed by atoms with Crippen molar-refractivity contribution in [3.63, 3.8) is 0 Å². The van der Waals surface area contributed by atoms with Gasteiger partial charge in [0, 0.05) is 13.0 Å². The van der Waals surface area contributed by atoms with Gasteiger partial charge in [-0.1, -0.05) is 12.1 Å². The van der Waals surface area contributed by atoms with E-state index in [1.807, 2.05) is 6.07 Å². The van der Waals surface area contributed by atoms with Crippen LogP contribution in [-0.4, -0.2) is 26.1 Å². The van der Waals surface area contributed by atoms with Gasteiger partial charge >= 0.3 is 6.18 Å². The molecule has 0 aliphatic heterocycles. The van der Waals surface area contributed by atoms with Crippen molar-refractivity contribution in [2.45, 2.75) is 12.6 Å². The number of nitrogens with zero attached hydrogens (tertiary/aromatic N) is 5. The van der Waals surface area contributed by atoms with Gasteiger partial charge in [-0.15, -0.1) is 0 Å². The minimum absolute atomic E-state index is 0.0212. The number of nitriles is 1. The van der Waals surface area contributed by atoms with Crippen LogP contribution in [0.3, 0.4) is 0 Å². The van der Waals surface area contributed by atoms with Crippen molar-refractivity contribution >= 4 is 28.5 Å². The molecule has 4 rings (SSSR count). The summed E-state index contributed by atoms with van der Waals surface area (Å²) >= 11 is 0. The molecule has 5 N–H and O–H groups in total. The number of rotatable bonds is 5. The van der Waals surface area contributed by atoms with Gasteiger partial charge in [-0.3, -0.25) is 9.36 Å². The molecule has 0 unspecified atom stereocenters. The predicted molar refractivity (Wildman–Crippen MR) is 120 cm³/mol. The summed E-state index contributed by atoms with van der Waals surface area (Å²) in [4.78, 5) is 25.2. The highest BCUT2D eigenvalue weighted by Crippen LogP contribution is 2.30. The Kier molecular flexibility index (Phi) is 5.96. The lowest BCUT2D eigenvalue weighted by atomic mass is 10.1. The van der Waals surface area contributed by atoms with Crippen molar-refractivity contribution in [2.75, 3.05) is 23.3 Å². The number of halogens is 4. The van der Waals surface area contributed by atoms with Gasteiger partial charge in [0.1, 0.15) is 34.5 Å². The molecule has 0 radical (unpaired) electrons. The molecule has 0 spiro atoms. The molecule has 0 aliphatic rings. The number of fused-ring (bicyclic) bond motifs is 1. The summed E-state index contributed by atoms with van der Waals surface area (Å²) in [5, 5.41) is 11.8. The molecule has 2 aromatic carbocycles. The van der Waals surface area contributed by atoms with Crippen LogP contribution in [0.25, 0.3) is 16.6 Å². The van der Waals surface area contributed by atoms with E-state index in [1.165, 1.54) is 18.2 Å². The highest BCUT2D eigenvalue weighted by molar-refractivity contribution is 5.78. The molecule has 0 amide bonds. The number of hydrogen-bond donors (Lipinski definition) is 3. The highest BCUT2D eigenvalue weighted by atomic mass is 19.4. The minimum Gasteiger partial charge on any atom is -0.382 e. The van der Waals surface area contributed by atoms with E-state index in [0.29, 0.717) is 0 Å². The largest absolute Gasteiger partial charge is 0.416 e. The third-order valence-electron chi connectivity index (χ3n) is 5.06. The first-order valence-electron chi connectivity index (χ1n) is 10.0. The number of hydrogen-bond acceptors (Lipinski definition) is 8. The molecule has 35 heavy (non-hydrogen) atoms. The third kappa shape index (κ3) is 4.54. The molecule has 13 heteroatoms. The van der Waals surface area contributed by atoms with Gasteiger partial charge in [0.05, 0.1) is 16.8 Å². The Morgan fingerprint density at radius 2 is 1.83 bits per heavy atom. The Balaban J connectivity index is 1.80. The van der Waals surface area contributed by atoms with E-state index in [4.69, 9.17) is 11.5 Å². The Labute approximate surface area is 194 Å². The Morgan fingerprint density at radius 3 is 2.54 bits per heavy atom. The van der Waals surface area contributed by atoms with Gasteiger partial charge in [0.15, 0.2) is 5.82 Å². The average Bonchev–Trinajstić information content (AvgIpc) is 2.78. The first kappa shape index (κ1) is 23.4. The predicted octanol–water partition coefficient (Wildman–Crippen LogP) is 3.02. The fourth-order valence-corrected chi connectivity index (χ4v) is 3.52. The van der Waals surface area contributed by atoms with Gasteiger partial charge in [-0.25, -0.2) is 9.37 Å². The molecule has 0 saturated heterocycles. The zero-order valence-corrected chi connectivity index (χ0v) is 17.8. The van der Waals surface area contributed by atoms with Crippen molar-refractivity contribution in [1.82, 2.24) is 19.5 Å². The first-order chi connectivity index (χ1) is 16.6. The molecule has 4 aromatic rings. The normalized spacial score (nSPS) is 11.4. The number of nitrogen functional groups attached to an aromatic ring is 2. The van der Waals surface area contributed by atoms with E-state index >= 15 is 0 Å². The molecule has 178 valence electrons. The second-order valence-corrected chi connectivity index (χ2v) is 7.33. The smallest absolute Gasteiger partial charge is 0.382 e. The quantitative estimate of drug-likeness (QED) is 0.366. The van der Waals surface area contributed by atoms with E-state index in [0.717, 1.165) is 28.8 Å². The number of nitrogens with two attached hydrogens (primary N) is 2. The number of benzene rings is 2. The maximum Gasteiger partial charge on any atom is 0.416 e. The summed E-state index contributed by atoms with van der Waals surface area (Å²) in [6.07, 6.45) is -4.68. The van der Waals surface area contributed by atoms with Crippen molar-refractivity contribution in [3.05, 3.63) is 75.6 Å². The lowest BCUT2D eigenvalue weighted by molar-refractivity contribution is -0.137. The molecular formula is C22H16F4N8O. The minimum atomic E-state index is -4.66. The average molecular weight is 484 g/mol. The van der Waals surface area contributed by atoms with Gasteiger partial charge in [0.2, 0.25) is 5.95 Å². The SMILES string of the molecule is N#Cc1c(N)nc(N)nc1NCCc1nc2cccc(F)c2c(=O)n1-c1cccc(C(F)(F)F)c1. The molecule has 2 aromatic heterocycles. The summed E-state index contributed by atoms with van der Waals surface area (Å²) in [5.41, 5.74) is 9.27. The van der Waals surface area contributed by atoms with E-state index < -0.39 is 23.1 Å². The van der Waals surface area contributed by atoms with Gasteiger partial charge < -0.3 is 16.8 Å². The number of anilines is 3. The summed E-state index contributed by atoms with van der Waals surface area (Å²) in [6.45, 7) is 0.0246. The molecule has 2 heterocycles. The van der Waals surface area contributed by atoms with Crippen molar-refractivity contribution in [2.24, 2.45) is 0 Å². The maximum absolute atomic E-state index is 14.5. The molecule has 9 nitrogen and oxygen atoms in total. The summed E-state index contributed by atoms with van der Waals surface area (Å²) in [6, 6.07) is 9.79. The van der Waals surface area contributed by atoms with Crippen LogP contribution >= 0.6 is 0 Å². The Bertz CT molecular complexity index is 1540. The van der Waals surface area contributed by atoms with Crippen LogP contribution in [-0.2, 0) is 12.6 Å². The molecule has 0 aliphatic carbocycles. The lowest BCUT2D eigenvalue weighted by Gasteiger charge is -2.16. The standard InChI is InChI=1S/C22H16F4N8O/c23-14-5-2-6-15-17(14)20(35)34(12-4-1-3-11(9-12)22(24,25)26)16(31-15)7-8-30-19-13(10-27)18(28)32-21(29)33-19/h1-6,9H,7-8H2,(H5,28,29,30,32,33). The Morgan fingerprint density at radius 1 is 1.09 bits per heavy atom. The summed E-state index contributed by atoms with van der Waals surface area (Å²) < 4.78 is 55.3. The fourth-order valence-electron chi connectivity index (χ4n) is 3.52. The summed E-state index contributed by atoms with van der Waals surface area (Å²) in [5.74, 6) is -1.08. The van der Waals surface area contributed by atoms with Crippen LogP contribution in [0.2, 0.25) is 0 Å². The zero-order valence-electron chi connectivity index (χ0n) is 17.8. The van der Waals surface area contributed by atoms with Crippen LogP contribution in [0.15, 0.2) is 47.3 Å². The van der Waals surface area contributed by atoms with Crippen molar-refractivity contribution < 1.29 is 17.6 Å². The zero-order chi connectivity index (χ0) is 25.3. The van der Waals surface area contributed by atoms with Crippen LogP contribution in [0.1, 0.15) is 17.0 Å². The van der Waals surface area contributed by atoms with Crippen molar-refractivity contribution in [1.29, 1.82) is 5.26 Å². The molecule has 0 atom stereocenters. The van der Waals surface area contributed by atoms with Crippen LogP contribution in [0.5, 0.6) is 0 Å². The number of alkyl halides is 3. The van der Waals surface area contributed by atoms with E-state index in [9.17, 15) is 27.6 Å². The van der Waals surface area contributed by atoms with E-state index in [-0.39, 0.29) is 58.5 Å². The lowest BCUT2D eigenvalue weighted by Crippen LogP contribution is -2.26. The highest BCUT2D eigenvalue weighted by Gasteiger charge is 2.31. The topological polar surface area (TPSA) is 149 Å². The monoisotopic (exact) mass is 484 g/mol. The molecular weight excluding hydrogens is 468 g/mol. The second kappa shape index (κ2) is 8.90. The van der Waals surface area contributed by atoms with Gasteiger partial charge in [-0.05, 0) is 30.3 Å². The number of nitrogens with one attached hydrogen (secondary N) is 1. The summed E-state index contributed by atoms with van der Waals surface area (Å²) in [7, 11) is 0.